The molecule has 0 unspecified atom stereocenters. The Morgan fingerprint density at radius 1 is 1.12 bits per heavy atom. The lowest BCUT2D eigenvalue weighted by Gasteiger charge is -2.09. The van der Waals surface area contributed by atoms with Crippen LogP contribution >= 0.6 is 15.9 Å². The predicted molar refractivity (Wildman–Crippen MR) is 108 cm³/mol. The van der Waals surface area contributed by atoms with Gasteiger partial charge in [0.1, 0.15) is 0 Å². The van der Waals surface area contributed by atoms with Gasteiger partial charge in [-0.15, -0.1) is 0 Å². The molecule has 0 radical (unpaired) electrons. The third kappa shape index (κ3) is 4.49. The molecule has 1 aromatic heterocycles. The van der Waals surface area contributed by atoms with Gasteiger partial charge in [0.15, 0.2) is 0 Å². The highest BCUT2D eigenvalue weighted by atomic mass is 79.9. The van der Waals surface area contributed by atoms with Crippen LogP contribution in [0.4, 0.5) is 0 Å². The number of aromatic nitrogens is 2. The molecule has 132 valence electrons. The first-order chi connectivity index (χ1) is 12.7. The molecule has 1 heterocycles. The van der Waals surface area contributed by atoms with Crippen LogP contribution in [0, 0.1) is 0 Å². The van der Waals surface area contributed by atoms with Gasteiger partial charge in [-0.3, -0.25) is 9.48 Å². The van der Waals surface area contributed by atoms with E-state index >= 15 is 0 Å². The molecule has 4 nitrogen and oxygen atoms in total. The lowest BCUT2D eigenvalue weighted by atomic mass is 10.0. The molecule has 3 rings (SSSR count). The van der Waals surface area contributed by atoms with Gasteiger partial charge in [0.05, 0.1) is 16.7 Å². The van der Waals surface area contributed by atoms with E-state index in [-0.39, 0.29) is 5.91 Å². The van der Waals surface area contributed by atoms with E-state index in [1.165, 1.54) is 0 Å². The predicted octanol–water partition coefficient (Wildman–Crippen LogP) is 4.52. The lowest BCUT2D eigenvalue weighted by Crippen LogP contribution is -2.24. The number of amides is 1. The number of aryl methyl sites for hydroxylation is 1. The smallest absolute Gasteiger partial charge is 0.252 e. The van der Waals surface area contributed by atoms with Crippen molar-refractivity contribution < 1.29 is 4.79 Å². The van der Waals surface area contributed by atoms with Crippen molar-refractivity contribution in [3.8, 4) is 0 Å². The van der Waals surface area contributed by atoms with Crippen molar-refractivity contribution in [2.45, 2.75) is 20.0 Å². The van der Waals surface area contributed by atoms with Crippen LogP contribution in [0.1, 0.15) is 23.7 Å². The third-order valence-electron chi connectivity index (χ3n) is 3.97. The van der Waals surface area contributed by atoms with Gasteiger partial charge in [-0.05, 0) is 40.1 Å². The largest absolute Gasteiger partial charge is 0.346 e. The van der Waals surface area contributed by atoms with Crippen molar-refractivity contribution in [2.75, 3.05) is 0 Å². The van der Waals surface area contributed by atoms with Crippen molar-refractivity contribution >= 4 is 33.5 Å². The maximum atomic E-state index is 12.9. The standard InChI is InChI=1S/C21H20BrN3O/c1-2-25-15-19(22)20(24-25)14-23-21(26)18(17-11-7-4-8-12-17)13-16-9-5-3-6-10-16/h3-13,15H,2,14H2,1H3,(H,23,26)/b18-13-. The van der Waals surface area contributed by atoms with Gasteiger partial charge >= 0.3 is 0 Å². The van der Waals surface area contributed by atoms with Crippen LogP contribution in [0.5, 0.6) is 0 Å². The van der Waals surface area contributed by atoms with E-state index in [1.807, 2.05) is 84.5 Å². The highest BCUT2D eigenvalue weighted by Gasteiger charge is 2.14. The van der Waals surface area contributed by atoms with Crippen molar-refractivity contribution in [1.29, 1.82) is 0 Å². The summed E-state index contributed by atoms with van der Waals surface area (Å²) in [7, 11) is 0. The number of nitrogens with one attached hydrogen (secondary N) is 1. The highest BCUT2D eigenvalue weighted by Crippen LogP contribution is 2.19. The molecular weight excluding hydrogens is 390 g/mol. The minimum atomic E-state index is -0.127. The molecule has 0 aliphatic carbocycles. The zero-order chi connectivity index (χ0) is 18.4. The Morgan fingerprint density at radius 3 is 2.38 bits per heavy atom. The van der Waals surface area contributed by atoms with Crippen LogP contribution in [0.3, 0.4) is 0 Å². The van der Waals surface area contributed by atoms with Gasteiger partial charge in [0.25, 0.3) is 5.91 Å². The first kappa shape index (κ1) is 18.1. The molecular formula is C21H20BrN3O. The Bertz CT molecular complexity index is 902. The topological polar surface area (TPSA) is 46.9 Å². The van der Waals surface area contributed by atoms with E-state index < -0.39 is 0 Å². The summed E-state index contributed by atoms with van der Waals surface area (Å²) in [6.45, 7) is 3.18. The van der Waals surface area contributed by atoms with Crippen LogP contribution < -0.4 is 5.32 Å². The Kier molecular flexibility index (Phi) is 6.02. The monoisotopic (exact) mass is 409 g/mol. The number of nitrogens with zero attached hydrogens (tertiary/aromatic N) is 2. The Labute approximate surface area is 161 Å². The zero-order valence-corrected chi connectivity index (χ0v) is 16.1. The second kappa shape index (κ2) is 8.63. The van der Waals surface area contributed by atoms with Crippen LogP contribution in [-0.4, -0.2) is 15.7 Å². The maximum Gasteiger partial charge on any atom is 0.252 e. The molecule has 0 atom stereocenters. The van der Waals surface area contributed by atoms with E-state index in [4.69, 9.17) is 0 Å². The fraction of sp³-hybridized carbons (Fsp3) is 0.143. The summed E-state index contributed by atoms with van der Waals surface area (Å²) >= 11 is 3.49. The van der Waals surface area contributed by atoms with Crippen molar-refractivity contribution in [1.82, 2.24) is 15.1 Å². The van der Waals surface area contributed by atoms with Gasteiger partial charge in [0, 0.05) is 18.3 Å². The van der Waals surface area contributed by atoms with Crippen LogP contribution in [0.15, 0.2) is 71.3 Å². The average molecular weight is 410 g/mol. The molecule has 1 amide bonds. The summed E-state index contributed by atoms with van der Waals surface area (Å²) in [6, 6.07) is 19.5. The molecule has 0 saturated carbocycles. The van der Waals surface area contributed by atoms with Crippen molar-refractivity contribution in [3.63, 3.8) is 0 Å². The molecule has 0 fully saturated rings. The number of hydrogen-bond acceptors (Lipinski definition) is 2. The Morgan fingerprint density at radius 2 is 1.77 bits per heavy atom. The molecule has 0 saturated heterocycles. The van der Waals surface area contributed by atoms with Gasteiger partial charge < -0.3 is 5.32 Å². The summed E-state index contributed by atoms with van der Waals surface area (Å²) < 4.78 is 2.73. The van der Waals surface area contributed by atoms with E-state index in [1.54, 1.807) is 0 Å². The molecule has 2 aromatic carbocycles. The van der Waals surface area contributed by atoms with Gasteiger partial charge in [-0.25, -0.2) is 0 Å². The van der Waals surface area contributed by atoms with Crippen LogP contribution in [0.2, 0.25) is 0 Å². The number of carbonyl (C=O) groups is 1. The summed E-state index contributed by atoms with van der Waals surface area (Å²) in [6.07, 6.45) is 3.82. The van der Waals surface area contributed by atoms with E-state index in [0.717, 1.165) is 27.8 Å². The minimum Gasteiger partial charge on any atom is -0.346 e. The number of benzene rings is 2. The molecule has 0 aliphatic rings. The fourth-order valence-corrected chi connectivity index (χ4v) is 3.05. The third-order valence-corrected chi connectivity index (χ3v) is 4.63. The van der Waals surface area contributed by atoms with Crippen LogP contribution in [-0.2, 0) is 17.9 Å². The molecule has 26 heavy (non-hydrogen) atoms. The molecule has 1 N–H and O–H groups in total. The van der Waals surface area contributed by atoms with Gasteiger partial charge in [0.2, 0.25) is 0 Å². The molecule has 5 heteroatoms. The Hall–Kier alpha value is -2.66. The number of rotatable bonds is 6. The number of hydrogen-bond donors (Lipinski definition) is 1. The zero-order valence-electron chi connectivity index (χ0n) is 14.5. The lowest BCUT2D eigenvalue weighted by molar-refractivity contribution is -0.115. The van der Waals surface area contributed by atoms with Gasteiger partial charge in [-0.2, -0.15) is 5.10 Å². The maximum absolute atomic E-state index is 12.9. The first-order valence-corrected chi connectivity index (χ1v) is 9.29. The average Bonchev–Trinajstić information content (AvgIpc) is 3.05. The SMILES string of the molecule is CCn1cc(Br)c(CNC(=O)/C(=C\c2ccccc2)c2ccccc2)n1. The summed E-state index contributed by atoms with van der Waals surface area (Å²) in [5, 5.41) is 7.43. The van der Waals surface area contributed by atoms with Crippen molar-refractivity contribution in [3.05, 3.63) is 88.2 Å². The molecule has 0 bridgehead atoms. The molecule has 0 aliphatic heterocycles. The Balaban J connectivity index is 1.83. The summed E-state index contributed by atoms with van der Waals surface area (Å²) in [5.41, 5.74) is 3.31. The minimum absolute atomic E-state index is 0.127. The van der Waals surface area contributed by atoms with Crippen molar-refractivity contribution in [2.24, 2.45) is 0 Å². The highest BCUT2D eigenvalue weighted by molar-refractivity contribution is 9.10. The second-order valence-corrected chi connectivity index (χ2v) is 6.65. The van der Waals surface area contributed by atoms with Crippen LogP contribution in [0.25, 0.3) is 11.6 Å². The number of carbonyl (C=O) groups excluding carboxylic acids is 1. The fourth-order valence-electron chi connectivity index (χ4n) is 2.59. The quantitative estimate of drug-likeness (QED) is 0.480. The van der Waals surface area contributed by atoms with E-state index in [2.05, 4.69) is 26.3 Å². The molecule has 0 spiro atoms. The second-order valence-electron chi connectivity index (χ2n) is 5.80. The van der Waals surface area contributed by atoms with Gasteiger partial charge in [-0.1, -0.05) is 60.7 Å². The summed E-state index contributed by atoms with van der Waals surface area (Å²) in [4.78, 5) is 12.9. The normalized spacial score (nSPS) is 11.4. The van der Waals surface area contributed by atoms with E-state index in [0.29, 0.717) is 12.1 Å². The first-order valence-electron chi connectivity index (χ1n) is 8.49. The summed E-state index contributed by atoms with van der Waals surface area (Å²) in [5.74, 6) is -0.127. The van der Waals surface area contributed by atoms with E-state index in [9.17, 15) is 4.79 Å². The number of halogens is 1. The molecule has 3 aromatic rings.